The molecule has 1 aliphatic heterocycles. The van der Waals surface area contributed by atoms with Gasteiger partial charge in [-0.15, -0.1) is 0 Å². The summed E-state index contributed by atoms with van der Waals surface area (Å²) >= 11 is 1.82. The first kappa shape index (κ1) is 13.0. The van der Waals surface area contributed by atoms with Gasteiger partial charge in [-0.1, -0.05) is 5.11 Å². The summed E-state index contributed by atoms with van der Waals surface area (Å²) in [6, 6.07) is 0.128. The average Bonchev–Trinajstić information content (AvgIpc) is 2.30. The summed E-state index contributed by atoms with van der Waals surface area (Å²) in [6.07, 6.45) is 0.448. The van der Waals surface area contributed by atoms with E-state index in [1.807, 2.05) is 11.8 Å². The van der Waals surface area contributed by atoms with E-state index >= 15 is 0 Å². The molecule has 1 saturated heterocycles. The highest BCUT2D eigenvalue weighted by molar-refractivity contribution is 7.99. The fourth-order valence-electron chi connectivity index (χ4n) is 1.59. The van der Waals surface area contributed by atoms with Crippen molar-refractivity contribution in [3.63, 3.8) is 0 Å². The number of ether oxygens (including phenoxy) is 1. The Balaban J connectivity index is 2.49. The fourth-order valence-corrected chi connectivity index (χ4v) is 2.70. The zero-order valence-electron chi connectivity index (χ0n) is 9.33. The van der Waals surface area contributed by atoms with E-state index < -0.39 is 0 Å². The van der Waals surface area contributed by atoms with E-state index in [4.69, 9.17) is 10.3 Å². The number of nitrogens with zero attached hydrogens (tertiary/aromatic N) is 4. The second kappa shape index (κ2) is 7.24. The minimum Gasteiger partial charge on any atom is -0.450 e. The Hall–Kier alpha value is -1.07. The zero-order chi connectivity index (χ0) is 11.8. The lowest BCUT2D eigenvalue weighted by Gasteiger charge is -2.34. The third kappa shape index (κ3) is 3.83. The SMILES string of the molecule is CCOC(=O)N1CCSCC1CCN=[N+]=[N-]. The molecule has 1 amide bonds. The van der Waals surface area contributed by atoms with Crippen molar-refractivity contribution in [1.82, 2.24) is 4.90 Å². The summed E-state index contributed by atoms with van der Waals surface area (Å²) in [7, 11) is 0. The van der Waals surface area contributed by atoms with Crippen LogP contribution in [0.4, 0.5) is 4.79 Å². The van der Waals surface area contributed by atoms with Gasteiger partial charge in [0.15, 0.2) is 0 Å². The Bertz CT molecular complexity index is 281. The van der Waals surface area contributed by atoms with E-state index in [1.54, 1.807) is 11.8 Å². The summed E-state index contributed by atoms with van der Waals surface area (Å²) in [6.45, 7) is 3.33. The van der Waals surface area contributed by atoms with Gasteiger partial charge in [0.2, 0.25) is 0 Å². The number of hydrogen-bond acceptors (Lipinski definition) is 4. The van der Waals surface area contributed by atoms with E-state index in [2.05, 4.69) is 10.0 Å². The molecule has 0 aromatic heterocycles. The van der Waals surface area contributed by atoms with Crippen LogP contribution in [0.5, 0.6) is 0 Å². The molecule has 0 N–H and O–H groups in total. The van der Waals surface area contributed by atoms with Crippen molar-refractivity contribution in [1.29, 1.82) is 0 Å². The number of azide groups is 1. The van der Waals surface area contributed by atoms with Gasteiger partial charge >= 0.3 is 6.09 Å². The summed E-state index contributed by atoms with van der Waals surface area (Å²) in [5, 5.41) is 3.50. The number of carbonyl (C=O) groups excluding carboxylic acids is 1. The topological polar surface area (TPSA) is 78.3 Å². The molecular weight excluding hydrogens is 228 g/mol. The number of carbonyl (C=O) groups is 1. The highest BCUT2D eigenvalue weighted by Crippen LogP contribution is 2.19. The number of hydrogen-bond donors (Lipinski definition) is 0. The summed E-state index contributed by atoms with van der Waals surface area (Å²) in [4.78, 5) is 16.1. The fraction of sp³-hybridized carbons (Fsp3) is 0.889. The molecule has 7 heteroatoms. The van der Waals surface area contributed by atoms with Gasteiger partial charge in [-0.3, -0.25) is 0 Å². The van der Waals surface area contributed by atoms with Gasteiger partial charge in [-0.2, -0.15) is 11.8 Å². The van der Waals surface area contributed by atoms with Crippen LogP contribution in [0.1, 0.15) is 13.3 Å². The van der Waals surface area contributed by atoms with Crippen LogP contribution < -0.4 is 0 Å². The molecule has 90 valence electrons. The van der Waals surface area contributed by atoms with Crippen LogP contribution in [0.25, 0.3) is 10.4 Å². The predicted molar refractivity (Wildman–Crippen MR) is 63.5 cm³/mol. The second-order valence-corrected chi connectivity index (χ2v) is 4.51. The molecule has 1 atom stereocenters. The lowest BCUT2D eigenvalue weighted by molar-refractivity contribution is 0.0941. The Morgan fingerprint density at radius 1 is 1.75 bits per heavy atom. The van der Waals surface area contributed by atoms with E-state index in [-0.39, 0.29) is 12.1 Å². The normalized spacial score (nSPS) is 20.1. The second-order valence-electron chi connectivity index (χ2n) is 3.36. The first-order valence-corrected chi connectivity index (χ1v) is 6.47. The molecule has 0 spiro atoms. The lowest BCUT2D eigenvalue weighted by atomic mass is 10.2. The first-order chi connectivity index (χ1) is 7.79. The van der Waals surface area contributed by atoms with Crippen molar-refractivity contribution in [2.45, 2.75) is 19.4 Å². The Morgan fingerprint density at radius 2 is 2.56 bits per heavy atom. The molecule has 1 unspecified atom stereocenters. The molecule has 0 saturated carbocycles. The first-order valence-electron chi connectivity index (χ1n) is 5.31. The van der Waals surface area contributed by atoms with E-state index in [9.17, 15) is 4.79 Å². The molecule has 0 aromatic rings. The number of thioether (sulfide) groups is 1. The van der Waals surface area contributed by atoms with Gasteiger partial charge in [0.25, 0.3) is 0 Å². The minimum absolute atomic E-state index is 0.128. The largest absolute Gasteiger partial charge is 0.450 e. The van der Waals surface area contributed by atoms with Gasteiger partial charge < -0.3 is 9.64 Å². The highest BCUT2D eigenvalue weighted by atomic mass is 32.2. The molecule has 1 aliphatic rings. The van der Waals surface area contributed by atoms with Crippen LogP contribution in [-0.4, -0.2) is 48.2 Å². The standard InChI is InChI=1S/C9H16N4O2S/c1-2-15-9(14)13-5-6-16-7-8(13)3-4-11-12-10/h8H,2-7H2,1H3. The maximum Gasteiger partial charge on any atom is 0.410 e. The zero-order valence-corrected chi connectivity index (χ0v) is 10.2. The number of amides is 1. The van der Waals surface area contributed by atoms with Gasteiger partial charge in [-0.05, 0) is 18.9 Å². The molecule has 0 bridgehead atoms. The maximum atomic E-state index is 11.6. The van der Waals surface area contributed by atoms with Crippen LogP contribution in [0.3, 0.4) is 0 Å². The molecule has 16 heavy (non-hydrogen) atoms. The van der Waals surface area contributed by atoms with Crippen molar-refractivity contribution in [3.05, 3.63) is 10.4 Å². The monoisotopic (exact) mass is 244 g/mol. The van der Waals surface area contributed by atoms with Gasteiger partial charge in [0.1, 0.15) is 0 Å². The van der Waals surface area contributed by atoms with E-state index in [0.717, 1.165) is 11.5 Å². The Labute approximate surface area is 98.9 Å². The summed E-state index contributed by atoms with van der Waals surface area (Å²) in [5.41, 5.74) is 8.20. The highest BCUT2D eigenvalue weighted by Gasteiger charge is 2.27. The quantitative estimate of drug-likeness (QED) is 0.432. The smallest absolute Gasteiger partial charge is 0.410 e. The summed E-state index contributed by atoms with van der Waals surface area (Å²) < 4.78 is 4.99. The molecule has 1 fully saturated rings. The van der Waals surface area contributed by atoms with Gasteiger partial charge in [0.05, 0.1) is 6.61 Å². The third-order valence-electron chi connectivity index (χ3n) is 2.36. The number of rotatable bonds is 4. The molecule has 1 rings (SSSR count). The van der Waals surface area contributed by atoms with Crippen molar-refractivity contribution in [2.24, 2.45) is 5.11 Å². The summed E-state index contributed by atoms with van der Waals surface area (Å²) in [5.74, 6) is 1.83. The van der Waals surface area contributed by atoms with Crippen LogP contribution in [0.2, 0.25) is 0 Å². The van der Waals surface area contributed by atoms with Crippen LogP contribution in [-0.2, 0) is 4.74 Å². The van der Waals surface area contributed by atoms with E-state index in [1.165, 1.54) is 0 Å². The van der Waals surface area contributed by atoms with Crippen molar-refractivity contribution >= 4 is 17.9 Å². The molecule has 1 heterocycles. The minimum atomic E-state index is -0.256. The van der Waals surface area contributed by atoms with Crippen LogP contribution in [0.15, 0.2) is 5.11 Å². The Kier molecular flexibility index (Phi) is 5.88. The third-order valence-corrected chi connectivity index (χ3v) is 3.45. The van der Waals surface area contributed by atoms with Crippen molar-refractivity contribution < 1.29 is 9.53 Å². The van der Waals surface area contributed by atoms with Crippen molar-refractivity contribution in [2.75, 3.05) is 31.2 Å². The molecule has 0 aliphatic carbocycles. The molecule has 0 aromatic carbocycles. The van der Waals surface area contributed by atoms with Gasteiger partial charge in [0, 0.05) is 35.5 Å². The lowest BCUT2D eigenvalue weighted by Crippen LogP contribution is -2.46. The van der Waals surface area contributed by atoms with Gasteiger partial charge in [-0.25, -0.2) is 4.79 Å². The predicted octanol–water partition coefficient (Wildman–Crippen LogP) is 2.26. The van der Waals surface area contributed by atoms with Crippen LogP contribution in [0, 0.1) is 0 Å². The molecule has 6 nitrogen and oxygen atoms in total. The van der Waals surface area contributed by atoms with E-state index in [0.29, 0.717) is 26.1 Å². The average molecular weight is 244 g/mol. The molecule has 0 radical (unpaired) electrons. The van der Waals surface area contributed by atoms with Crippen LogP contribution >= 0.6 is 11.8 Å². The molecular formula is C9H16N4O2S. The Morgan fingerprint density at radius 3 is 3.25 bits per heavy atom. The van der Waals surface area contributed by atoms with Crippen molar-refractivity contribution in [3.8, 4) is 0 Å². The maximum absolute atomic E-state index is 11.6.